The highest BCUT2D eigenvalue weighted by Gasteiger charge is 2.39. The summed E-state index contributed by atoms with van der Waals surface area (Å²) in [7, 11) is 3.29. The molecular weight excluding hydrogens is 833 g/mol. The summed E-state index contributed by atoms with van der Waals surface area (Å²) in [5, 5.41) is 8.35. The van der Waals surface area contributed by atoms with E-state index in [0.29, 0.717) is 57.6 Å². The van der Waals surface area contributed by atoms with Gasteiger partial charge < -0.3 is 29.2 Å². The van der Waals surface area contributed by atoms with E-state index in [4.69, 9.17) is 19.4 Å². The van der Waals surface area contributed by atoms with Gasteiger partial charge in [-0.3, -0.25) is 34.0 Å². The Morgan fingerprint density at radius 2 is 1.97 bits per heavy atom. The minimum absolute atomic E-state index is 0.0235. The van der Waals surface area contributed by atoms with Crippen LogP contribution in [-0.2, 0) is 59.4 Å². The maximum Gasteiger partial charge on any atom is 0.324 e. The summed E-state index contributed by atoms with van der Waals surface area (Å²) in [6.07, 6.45) is 5.42. The number of fused-ring (bicyclic) bond motifs is 6. The van der Waals surface area contributed by atoms with Gasteiger partial charge in [0.2, 0.25) is 23.6 Å². The van der Waals surface area contributed by atoms with E-state index in [1.807, 2.05) is 25.3 Å². The van der Waals surface area contributed by atoms with E-state index >= 15 is 0 Å². The van der Waals surface area contributed by atoms with Crippen LogP contribution in [0.2, 0.25) is 0 Å². The van der Waals surface area contributed by atoms with Crippen LogP contribution in [0.25, 0.3) is 32.7 Å². The molecule has 3 aliphatic heterocycles. The van der Waals surface area contributed by atoms with Crippen LogP contribution in [0.3, 0.4) is 0 Å². The number of amides is 4. The zero-order valence-corrected chi connectivity index (χ0v) is 39.0. The predicted octanol–water partition coefficient (Wildman–Crippen LogP) is 5.41. The molecule has 0 aliphatic carbocycles. The number of methoxy groups -OCH3 is 1. The summed E-state index contributed by atoms with van der Waals surface area (Å²) >= 11 is 1.50. The molecule has 4 atom stereocenters. The molecule has 6 heterocycles. The lowest BCUT2D eigenvalue weighted by molar-refractivity contribution is -0.155. The molecule has 15 nitrogen and oxygen atoms in total. The van der Waals surface area contributed by atoms with Gasteiger partial charge in [-0.05, 0) is 80.5 Å². The van der Waals surface area contributed by atoms with E-state index in [-0.39, 0.29) is 55.7 Å². The highest BCUT2D eigenvalue weighted by molar-refractivity contribution is 7.13. The number of hydrazine groups is 1. The Morgan fingerprint density at radius 1 is 1.17 bits per heavy atom. The molecule has 0 saturated carbocycles. The minimum atomic E-state index is -0.819. The molecule has 4 aromatic rings. The van der Waals surface area contributed by atoms with E-state index < -0.39 is 35.3 Å². The molecule has 0 spiro atoms. The SMILES string of the molecule is C=CC(=O)N1CC[C@H](C(=O)N(C)[C@H](C(=O)NC[C@H]2Cc3csc(n3)-c3ccc4c(c3)c(c(-c3cccnc3COC)n4CC)CC(C)(C)COC(=O)[C@@H]3CCCN(N3)C2=O)C(C)C)C1. The molecule has 3 aliphatic rings. The number of carbonyl (C=O) groups is 5. The van der Waals surface area contributed by atoms with Crippen LogP contribution in [0, 0.1) is 23.2 Å². The molecule has 0 unspecified atom stereocenters. The highest BCUT2D eigenvalue weighted by atomic mass is 32.1. The number of likely N-dealkylation sites (tertiary alicyclic amines) is 1. The van der Waals surface area contributed by atoms with Crippen LogP contribution in [-0.4, -0.2) is 118 Å². The van der Waals surface area contributed by atoms with Crippen molar-refractivity contribution in [3.63, 3.8) is 0 Å². The summed E-state index contributed by atoms with van der Waals surface area (Å²) in [5.74, 6) is -2.96. The van der Waals surface area contributed by atoms with Crippen molar-refractivity contribution in [2.75, 3.05) is 46.9 Å². The molecule has 0 radical (unpaired) electrons. The smallest absolute Gasteiger partial charge is 0.324 e. The van der Waals surface area contributed by atoms with Gasteiger partial charge in [-0.1, -0.05) is 34.3 Å². The summed E-state index contributed by atoms with van der Waals surface area (Å²) in [4.78, 5) is 81.3. The standard InChI is InChI=1S/C48H62N8O7S/c1-9-40(57)54-20-17-31(25-54)45(59)53(7)41(29(3)4)43(58)50-24-32-21-33-27-64-44(51-33)30-15-16-39-35(22-30)36(42(55(39)10-2)34-13-11-18-49-38(34)26-62-8)23-48(5,6)28-63-47(61)37-14-12-19-56(52-37)46(32)60/h9,11,13,15-16,18,22,27,29,31-32,37,41,52H,1,10,12,14,17,19-21,23-26,28H2,2-8H3,(H,50,58)/t31-,32+,37-,41-/m0/s1. The van der Waals surface area contributed by atoms with Crippen LogP contribution < -0.4 is 10.7 Å². The van der Waals surface area contributed by atoms with Crippen LogP contribution in [0.15, 0.2) is 54.6 Å². The maximum absolute atomic E-state index is 14.5. The van der Waals surface area contributed by atoms with Crippen LogP contribution in [0.1, 0.15) is 70.8 Å². The van der Waals surface area contributed by atoms with Crippen LogP contribution >= 0.6 is 11.3 Å². The van der Waals surface area contributed by atoms with Gasteiger partial charge in [0.25, 0.3) is 0 Å². The van der Waals surface area contributed by atoms with Crippen molar-refractivity contribution >= 4 is 51.8 Å². The Hall–Kier alpha value is -5.45. The lowest BCUT2D eigenvalue weighted by atomic mass is 9.84. The molecule has 16 heteroatoms. The molecule has 2 saturated heterocycles. The number of hydrogen-bond acceptors (Lipinski definition) is 11. The van der Waals surface area contributed by atoms with Crippen molar-refractivity contribution in [2.24, 2.45) is 23.2 Å². The monoisotopic (exact) mass is 894 g/mol. The fourth-order valence-electron chi connectivity index (χ4n) is 9.51. The number of esters is 1. The van der Waals surface area contributed by atoms with Crippen molar-refractivity contribution in [1.82, 2.24) is 40.1 Å². The van der Waals surface area contributed by atoms with Gasteiger partial charge in [-0.15, -0.1) is 11.3 Å². The normalized spacial score (nSPS) is 20.8. The van der Waals surface area contributed by atoms with Crippen molar-refractivity contribution < 1.29 is 33.4 Å². The number of cyclic esters (lactones) is 1. The molecule has 64 heavy (non-hydrogen) atoms. The molecular formula is C48H62N8O7S. The third-order valence-corrected chi connectivity index (χ3v) is 13.7. The van der Waals surface area contributed by atoms with E-state index in [2.05, 4.69) is 66.9 Å². The molecule has 6 bridgehead atoms. The number of nitrogens with zero attached hydrogens (tertiary/aromatic N) is 6. The first-order chi connectivity index (χ1) is 30.6. The summed E-state index contributed by atoms with van der Waals surface area (Å²) in [5.41, 5.74) is 9.37. The third-order valence-electron chi connectivity index (χ3n) is 12.7. The maximum atomic E-state index is 14.5. The second-order valence-electron chi connectivity index (χ2n) is 18.4. The van der Waals surface area contributed by atoms with Crippen molar-refractivity contribution in [1.29, 1.82) is 0 Å². The van der Waals surface area contributed by atoms with E-state index in [0.717, 1.165) is 44.0 Å². The van der Waals surface area contributed by atoms with Gasteiger partial charge >= 0.3 is 5.97 Å². The largest absolute Gasteiger partial charge is 0.464 e. The van der Waals surface area contributed by atoms with Crippen LogP contribution in [0.5, 0.6) is 0 Å². The van der Waals surface area contributed by atoms with Gasteiger partial charge in [0.1, 0.15) is 17.1 Å². The third kappa shape index (κ3) is 9.78. The van der Waals surface area contributed by atoms with Gasteiger partial charge in [-0.2, -0.15) is 0 Å². The number of nitrogens with one attached hydrogen (secondary N) is 2. The van der Waals surface area contributed by atoms with Gasteiger partial charge in [-0.25, -0.2) is 10.4 Å². The molecule has 3 aromatic heterocycles. The molecule has 2 N–H and O–H groups in total. The number of thiazole rings is 1. The molecule has 342 valence electrons. The number of benzene rings is 1. The van der Waals surface area contributed by atoms with Gasteiger partial charge in [0.05, 0.1) is 42.1 Å². The molecule has 2 fully saturated rings. The number of rotatable bonds is 11. The number of carbonyl (C=O) groups excluding carboxylic acids is 5. The lowest BCUT2D eigenvalue weighted by Gasteiger charge is -2.36. The van der Waals surface area contributed by atoms with Crippen molar-refractivity contribution in [3.8, 4) is 21.8 Å². The first-order valence-corrected chi connectivity index (χ1v) is 23.3. The molecule has 4 amide bonds. The predicted molar refractivity (Wildman–Crippen MR) is 245 cm³/mol. The second kappa shape index (κ2) is 19.7. The topological polar surface area (TPSA) is 168 Å². The number of aromatic nitrogens is 3. The second-order valence-corrected chi connectivity index (χ2v) is 19.3. The molecule has 7 rings (SSSR count). The highest BCUT2D eigenvalue weighted by Crippen LogP contribution is 2.41. The fraction of sp³-hybridized carbons (Fsp3) is 0.521. The first kappa shape index (κ1) is 46.5. The lowest BCUT2D eigenvalue weighted by Crippen LogP contribution is -2.58. The summed E-state index contributed by atoms with van der Waals surface area (Å²) < 4.78 is 14.0. The number of pyridine rings is 1. The first-order valence-electron chi connectivity index (χ1n) is 22.4. The van der Waals surface area contributed by atoms with Crippen molar-refractivity contribution in [3.05, 3.63) is 71.5 Å². The van der Waals surface area contributed by atoms with Gasteiger partial charge in [0, 0.05) is 92.3 Å². The Balaban J connectivity index is 1.22. The Morgan fingerprint density at radius 3 is 2.70 bits per heavy atom. The number of ether oxygens (including phenoxy) is 2. The summed E-state index contributed by atoms with van der Waals surface area (Å²) in [6, 6.07) is 8.89. The Labute approximate surface area is 379 Å². The average Bonchev–Trinajstić information content (AvgIpc) is 4.04. The zero-order chi connectivity index (χ0) is 45.9. The number of aryl methyl sites for hydroxylation is 1. The fourth-order valence-corrected chi connectivity index (χ4v) is 10.3. The van der Waals surface area contributed by atoms with E-state index in [1.54, 1.807) is 25.3 Å². The zero-order valence-electron chi connectivity index (χ0n) is 38.1. The number of hydrogen-bond donors (Lipinski definition) is 2. The quantitative estimate of drug-likeness (QED) is 0.147. The van der Waals surface area contributed by atoms with Gasteiger partial charge in [0.15, 0.2) is 0 Å². The van der Waals surface area contributed by atoms with E-state index in [9.17, 15) is 24.0 Å². The van der Waals surface area contributed by atoms with E-state index in [1.165, 1.54) is 27.3 Å². The van der Waals surface area contributed by atoms with Crippen LogP contribution in [0.4, 0.5) is 0 Å². The van der Waals surface area contributed by atoms with Crippen molar-refractivity contribution in [2.45, 2.75) is 92.0 Å². The Kier molecular flexibility index (Phi) is 14.4. The Bertz CT molecular complexity index is 2410. The molecule has 1 aromatic carbocycles. The minimum Gasteiger partial charge on any atom is -0.464 e. The average molecular weight is 895 g/mol. The number of likely N-dealkylation sites (N-methyl/N-ethyl adjacent to an activating group) is 1. The summed E-state index contributed by atoms with van der Waals surface area (Å²) in [6.45, 7) is 15.9.